The second-order valence-electron chi connectivity index (χ2n) is 3.88. The standard InChI is InChI=1S/C13H10Cl2N2O3S/c1-2-11-16-17-13(20-11)21-10(12(18)19)5-7-3-4-8(14)6-9(7)15/h3-6H,2H2,1H3,(H,18,19)/p-1/b10-5-. The first-order valence-electron chi connectivity index (χ1n) is 5.88. The van der Waals surface area contributed by atoms with E-state index in [2.05, 4.69) is 10.2 Å². The molecule has 0 fully saturated rings. The number of benzene rings is 1. The Hall–Kier alpha value is -1.50. The molecular weight excluding hydrogens is 335 g/mol. The third kappa shape index (κ3) is 4.23. The molecule has 1 aromatic heterocycles. The monoisotopic (exact) mass is 343 g/mol. The second-order valence-corrected chi connectivity index (χ2v) is 5.72. The summed E-state index contributed by atoms with van der Waals surface area (Å²) in [6.45, 7) is 1.85. The Kier molecular flexibility index (Phi) is 5.27. The van der Waals surface area contributed by atoms with Gasteiger partial charge in [-0.3, -0.25) is 0 Å². The van der Waals surface area contributed by atoms with Gasteiger partial charge in [-0.25, -0.2) is 0 Å². The summed E-state index contributed by atoms with van der Waals surface area (Å²) in [4.78, 5) is 11.1. The lowest BCUT2D eigenvalue weighted by molar-refractivity contribution is -0.298. The number of nitrogens with zero attached hydrogens (tertiary/aromatic N) is 2. The molecule has 2 aromatic rings. The number of aliphatic carboxylic acids is 1. The predicted molar refractivity (Wildman–Crippen MR) is 79.0 cm³/mol. The molecular formula is C13H9Cl2N2O3S-. The lowest BCUT2D eigenvalue weighted by Crippen LogP contribution is -2.23. The maximum Gasteiger partial charge on any atom is 0.281 e. The van der Waals surface area contributed by atoms with Crippen molar-refractivity contribution in [2.24, 2.45) is 0 Å². The first kappa shape index (κ1) is 15.9. The van der Waals surface area contributed by atoms with E-state index in [4.69, 9.17) is 27.6 Å². The molecule has 0 saturated carbocycles. The van der Waals surface area contributed by atoms with Gasteiger partial charge in [0.25, 0.3) is 5.22 Å². The van der Waals surface area contributed by atoms with Crippen LogP contribution in [-0.4, -0.2) is 16.2 Å². The fourth-order valence-corrected chi connectivity index (χ4v) is 2.55. The number of aryl methyl sites for hydroxylation is 1. The van der Waals surface area contributed by atoms with E-state index in [0.29, 0.717) is 27.9 Å². The molecule has 0 atom stereocenters. The largest absolute Gasteiger partial charge is 0.544 e. The fourth-order valence-electron chi connectivity index (χ4n) is 1.41. The SMILES string of the molecule is CCc1nnc(S/C(=C\c2ccc(Cl)cc2Cl)C(=O)[O-])o1. The Morgan fingerprint density at radius 2 is 2.19 bits per heavy atom. The van der Waals surface area contributed by atoms with Crippen LogP contribution in [-0.2, 0) is 11.2 Å². The average molecular weight is 344 g/mol. The van der Waals surface area contributed by atoms with Crippen LogP contribution in [0.25, 0.3) is 6.08 Å². The molecule has 21 heavy (non-hydrogen) atoms. The minimum absolute atomic E-state index is 0.0921. The van der Waals surface area contributed by atoms with Crippen molar-refractivity contribution in [3.05, 3.63) is 44.6 Å². The first-order chi connectivity index (χ1) is 9.99. The molecule has 0 amide bonds. The van der Waals surface area contributed by atoms with Crippen molar-refractivity contribution in [2.75, 3.05) is 0 Å². The molecule has 0 aliphatic rings. The summed E-state index contributed by atoms with van der Waals surface area (Å²) in [6, 6.07) is 4.74. The van der Waals surface area contributed by atoms with E-state index in [9.17, 15) is 9.90 Å². The molecule has 0 bridgehead atoms. The molecule has 0 N–H and O–H groups in total. The Bertz CT molecular complexity index is 700. The highest BCUT2D eigenvalue weighted by atomic mass is 35.5. The van der Waals surface area contributed by atoms with Crippen molar-refractivity contribution in [1.82, 2.24) is 10.2 Å². The summed E-state index contributed by atoms with van der Waals surface area (Å²) in [6.07, 6.45) is 1.94. The van der Waals surface area contributed by atoms with Crippen LogP contribution >= 0.6 is 35.0 Å². The highest BCUT2D eigenvalue weighted by Crippen LogP contribution is 2.29. The number of carboxylic acid groups (broad SMARTS) is 1. The Morgan fingerprint density at radius 3 is 2.76 bits per heavy atom. The van der Waals surface area contributed by atoms with E-state index < -0.39 is 5.97 Å². The zero-order valence-corrected chi connectivity index (χ0v) is 13.1. The third-order valence-electron chi connectivity index (χ3n) is 2.40. The van der Waals surface area contributed by atoms with Crippen LogP contribution in [0.5, 0.6) is 0 Å². The number of hydrogen-bond donors (Lipinski definition) is 0. The minimum atomic E-state index is -1.36. The molecule has 5 nitrogen and oxygen atoms in total. The third-order valence-corrected chi connectivity index (χ3v) is 3.80. The van der Waals surface area contributed by atoms with Gasteiger partial charge >= 0.3 is 0 Å². The predicted octanol–water partition coefficient (Wildman–Crippen LogP) is 2.82. The van der Waals surface area contributed by atoms with Gasteiger partial charge in [-0.05, 0) is 35.5 Å². The topological polar surface area (TPSA) is 79.0 Å². The summed E-state index contributed by atoms with van der Waals surface area (Å²) in [5.74, 6) is -0.929. The molecule has 0 unspecified atom stereocenters. The number of rotatable bonds is 5. The van der Waals surface area contributed by atoms with Crippen molar-refractivity contribution in [3.8, 4) is 0 Å². The van der Waals surface area contributed by atoms with Gasteiger partial charge in [0.1, 0.15) is 0 Å². The van der Waals surface area contributed by atoms with E-state index in [-0.39, 0.29) is 10.1 Å². The van der Waals surface area contributed by atoms with E-state index in [1.54, 1.807) is 12.1 Å². The van der Waals surface area contributed by atoms with E-state index in [1.807, 2.05) is 6.92 Å². The number of carbonyl (C=O) groups is 1. The molecule has 2 rings (SSSR count). The minimum Gasteiger partial charge on any atom is -0.544 e. The highest BCUT2D eigenvalue weighted by Gasteiger charge is 2.10. The molecule has 110 valence electrons. The average Bonchev–Trinajstić information content (AvgIpc) is 2.88. The van der Waals surface area contributed by atoms with E-state index in [0.717, 1.165) is 11.8 Å². The maximum atomic E-state index is 11.2. The number of thioether (sulfide) groups is 1. The van der Waals surface area contributed by atoms with Crippen LogP contribution in [0.2, 0.25) is 10.0 Å². The Labute approximate surface area is 135 Å². The summed E-state index contributed by atoms with van der Waals surface area (Å²) >= 11 is 12.6. The fraction of sp³-hybridized carbons (Fsp3) is 0.154. The zero-order valence-electron chi connectivity index (χ0n) is 10.8. The number of carboxylic acids is 1. The normalized spacial score (nSPS) is 11.7. The van der Waals surface area contributed by atoms with Crippen molar-refractivity contribution >= 4 is 47.0 Å². The Balaban J connectivity index is 2.29. The maximum absolute atomic E-state index is 11.2. The van der Waals surface area contributed by atoms with Crippen LogP contribution in [0.3, 0.4) is 0 Å². The first-order valence-corrected chi connectivity index (χ1v) is 7.45. The molecule has 0 spiro atoms. The number of aromatic nitrogens is 2. The van der Waals surface area contributed by atoms with Crippen LogP contribution < -0.4 is 5.11 Å². The second kappa shape index (κ2) is 6.98. The van der Waals surface area contributed by atoms with Crippen molar-refractivity contribution in [1.29, 1.82) is 0 Å². The van der Waals surface area contributed by atoms with Gasteiger partial charge in [-0.1, -0.05) is 36.2 Å². The molecule has 0 saturated heterocycles. The number of carbonyl (C=O) groups excluding carboxylic acids is 1. The van der Waals surface area contributed by atoms with Gasteiger partial charge in [0.15, 0.2) is 0 Å². The highest BCUT2D eigenvalue weighted by molar-refractivity contribution is 8.03. The summed E-state index contributed by atoms with van der Waals surface area (Å²) in [5.41, 5.74) is 0.503. The smallest absolute Gasteiger partial charge is 0.281 e. The lowest BCUT2D eigenvalue weighted by Gasteiger charge is -2.06. The lowest BCUT2D eigenvalue weighted by atomic mass is 10.2. The summed E-state index contributed by atoms with van der Waals surface area (Å²) in [5, 5.41) is 19.6. The van der Waals surface area contributed by atoms with Crippen molar-refractivity contribution in [3.63, 3.8) is 0 Å². The molecule has 1 heterocycles. The summed E-state index contributed by atoms with van der Waals surface area (Å²) in [7, 11) is 0. The van der Waals surface area contributed by atoms with E-state index in [1.165, 1.54) is 12.1 Å². The molecule has 0 radical (unpaired) electrons. The van der Waals surface area contributed by atoms with Gasteiger partial charge < -0.3 is 14.3 Å². The number of hydrogen-bond acceptors (Lipinski definition) is 6. The van der Waals surface area contributed by atoms with E-state index >= 15 is 0 Å². The molecule has 8 heteroatoms. The molecule has 1 aromatic carbocycles. The number of halogens is 2. The van der Waals surface area contributed by atoms with Crippen LogP contribution in [0.1, 0.15) is 18.4 Å². The quantitative estimate of drug-likeness (QED) is 0.613. The van der Waals surface area contributed by atoms with Crippen LogP contribution in [0.15, 0.2) is 32.7 Å². The van der Waals surface area contributed by atoms with Crippen LogP contribution in [0, 0.1) is 0 Å². The van der Waals surface area contributed by atoms with Crippen molar-refractivity contribution < 1.29 is 14.3 Å². The van der Waals surface area contributed by atoms with Gasteiger partial charge in [0, 0.05) is 21.4 Å². The van der Waals surface area contributed by atoms with Gasteiger partial charge in [-0.15, -0.1) is 10.2 Å². The zero-order chi connectivity index (χ0) is 15.4. The van der Waals surface area contributed by atoms with Gasteiger partial charge in [0.2, 0.25) is 5.89 Å². The summed E-state index contributed by atoms with van der Waals surface area (Å²) < 4.78 is 5.26. The van der Waals surface area contributed by atoms with Gasteiger partial charge in [-0.2, -0.15) is 0 Å². The van der Waals surface area contributed by atoms with Crippen LogP contribution in [0.4, 0.5) is 0 Å². The van der Waals surface area contributed by atoms with Gasteiger partial charge in [0.05, 0.1) is 5.97 Å². The molecule has 0 aliphatic heterocycles. The Morgan fingerprint density at radius 1 is 1.43 bits per heavy atom. The molecule has 0 aliphatic carbocycles. The van der Waals surface area contributed by atoms with Crippen molar-refractivity contribution in [2.45, 2.75) is 18.6 Å².